The molecular formula is C23H27N3O5. The lowest BCUT2D eigenvalue weighted by molar-refractivity contribution is -0.134. The molecule has 0 aromatic heterocycles. The molecule has 0 aliphatic carbocycles. The molecule has 8 heteroatoms. The van der Waals surface area contributed by atoms with Crippen LogP contribution in [0.15, 0.2) is 42.5 Å². The zero-order valence-corrected chi connectivity index (χ0v) is 18.2. The van der Waals surface area contributed by atoms with Crippen molar-refractivity contribution >= 4 is 17.8 Å². The minimum atomic E-state index is -1.24. The molecule has 1 aliphatic heterocycles. The first kappa shape index (κ1) is 22.1. The summed E-state index contributed by atoms with van der Waals surface area (Å²) in [6.45, 7) is 5.75. The number of ether oxygens (including phenoxy) is 2. The van der Waals surface area contributed by atoms with Crippen molar-refractivity contribution < 1.29 is 23.9 Å². The van der Waals surface area contributed by atoms with Gasteiger partial charge in [0.2, 0.25) is 5.91 Å². The van der Waals surface area contributed by atoms with Crippen molar-refractivity contribution in [3.05, 3.63) is 59.2 Å². The van der Waals surface area contributed by atoms with Gasteiger partial charge in [-0.1, -0.05) is 29.8 Å². The zero-order chi connectivity index (χ0) is 22.6. The van der Waals surface area contributed by atoms with Crippen LogP contribution in [0, 0.1) is 13.8 Å². The first-order chi connectivity index (χ1) is 14.7. The molecule has 164 valence electrons. The molecule has 1 atom stereocenters. The molecule has 1 saturated heterocycles. The van der Waals surface area contributed by atoms with Gasteiger partial charge in [0.1, 0.15) is 30.2 Å². The third kappa shape index (κ3) is 4.79. The number of hydrogen-bond acceptors (Lipinski definition) is 5. The number of imide groups is 1. The van der Waals surface area contributed by atoms with Crippen LogP contribution < -0.4 is 20.1 Å². The van der Waals surface area contributed by atoms with Crippen LogP contribution >= 0.6 is 0 Å². The highest BCUT2D eigenvalue weighted by atomic mass is 16.5. The van der Waals surface area contributed by atoms with Gasteiger partial charge >= 0.3 is 6.03 Å². The molecule has 1 aliphatic rings. The maximum absolute atomic E-state index is 12.9. The van der Waals surface area contributed by atoms with Gasteiger partial charge < -0.3 is 20.1 Å². The second kappa shape index (κ2) is 9.07. The average Bonchev–Trinajstić information content (AvgIpc) is 2.96. The van der Waals surface area contributed by atoms with Gasteiger partial charge in [-0.3, -0.25) is 14.5 Å². The number of carbonyl (C=O) groups is 3. The van der Waals surface area contributed by atoms with Crippen LogP contribution in [0.2, 0.25) is 0 Å². The van der Waals surface area contributed by atoms with Crippen molar-refractivity contribution in [3.63, 3.8) is 0 Å². The smallest absolute Gasteiger partial charge is 0.325 e. The fourth-order valence-electron chi connectivity index (χ4n) is 3.47. The number of carbonyl (C=O) groups excluding carboxylic acids is 3. The molecule has 0 saturated carbocycles. The number of benzene rings is 2. The summed E-state index contributed by atoms with van der Waals surface area (Å²) in [4.78, 5) is 38.5. The van der Waals surface area contributed by atoms with Gasteiger partial charge in [-0.05, 0) is 50.1 Å². The van der Waals surface area contributed by atoms with Gasteiger partial charge in [-0.15, -0.1) is 0 Å². The molecule has 0 radical (unpaired) electrons. The highest BCUT2D eigenvalue weighted by Crippen LogP contribution is 2.29. The Morgan fingerprint density at radius 2 is 1.84 bits per heavy atom. The quantitative estimate of drug-likeness (QED) is 0.500. The summed E-state index contributed by atoms with van der Waals surface area (Å²) in [7, 11) is 1.55. The number of rotatable bonds is 8. The van der Waals surface area contributed by atoms with Crippen molar-refractivity contribution in [2.24, 2.45) is 0 Å². The van der Waals surface area contributed by atoms with E-state index >= 15 is 0 Å². The van der Waals surface area contributed by atoms with Crippen LogP contribution in [0.25, 0.3) is 0 Å². The minimum Gasteiger partial charge on any atom is -0.497 e. The second-order valence-corrected chi connectivity index (χ2v) is 7.64. The van der Waals surface area contributed by atoms with Gasteiger partial charge in [0, 0.05) is 0 Å². The molecule has 1 fully saturated rings. The van der Waals surface area contributed by atoms with Gasteiger partial charge in [-0.2, -0.15) is 0 Å². The van der Waals surface area contributed by atoms with E-state index in [2.05, 4.69) is 10.6 Å². The Labute approximate surface area is 181 Å². The Bertz CT molecular complexity index is 989. The molecule has 2 aromatic carbocycles. The van der Waals surface area contributed by atoms with E-state index in [1.807, 2.05) is 32.0 Å². The number of methoxy groups -OCH3 is 1. The van der Waals surface area contributed by atoms with E-state index in [4.69, 9.17) is 9.47 Å². The lowest BCUT2D eigenvalue weighted by Crippen LogP contribution is -2.43. The largest absolute Gasteiger partial charge is 0.497 e. The first-order valence-corrected chi connectivity index (χ1v) is 10.00. The predicted molar refractivity (Wildman–Crippen MR) is 115 cm³/mol. The van der Waals surface area contributed by atoms with E-state index in [9.17, 15) is 14.4 Å². The van der Waals surface area contributed by atoms with Crippen molar-refractivity contribution in [2.45, 2.75) is 26.3 Å². The maximum atomic E-state index is 12.9. The van der Waals surface area contributed by atoms with Crippen molar-refractivity contribution in [3.8, 4) is 11.5 Å². The average molecular weight is 425 g/mol. The monoisotopic (exact) mass is 425 g/mol. The molecule has 4 amide bonds. The summed E-state index contributed by atoms with van der Waals surface area (Å²) in [5.74, 6) is 0.476. The summed E-state index contributed by atoms with van der Waals surface area (Å²) in [6.07, 6.45) is 0. The van der Waals surface area contributed by atoms with Crippen LogP contribution in [0.4, 0.5) is 4.79 Å². The fraction of sp³-hybridized carbons (Fsp3) is 0.348. The Hall–Kier alpha value is -3.55. The van der Waals surface area contributed by atoms with Crippen molar-refractivity contribution in [1.82, 2.24) is 15.5 Å². The molecule has 2 aromatic rings. The van der Waals surface area contributed by atoms with Gasteiger partial charge in [0.25, 0.3) is 5.91 Å². The number of amides is 4. The van der Waals surface area contributed by atoms with E-state index < -0.39 is 23.4 Å². The van der Waals surface area contributed by atoms with Gasteiger partial charge in [0.05, 0.1) is 13.7 Å². The third-order valence-electron chi connectivity index (χ3n) is 5.26. The van der Waals surface area contributed by atoms with Crippen LogP contribution in [0.3, 0.4) is 0 Å². The lowest BCUT2D eigenvalue weighted by Gasteiger charge is -2.22. The molecule has 0 spiro atoms. The van der Waals surface area contributed by atoms with Gasteiger partial charge in [0.15, 0.2) is 0 Å². The molecular weight excluding hydrogens is 398 g/mol. The van der Waals surface area contributed by atoms with Crippen molar-refractivity contribution in [1.29, 1.82) is 0 Å². The number of nitrogens with one attached hydrogen (secondary N) is 2. The minimum absolute atomic E-state index is 0.256. The summed E-state index contributed by atoms with van der Waals surface area (Å²) < 4.78 is 10.8. The molecule has 31 heavy (non-hydrogen) atoms. The lowest BCUT2D eigenvalue weighted by atomic mass is 9.92. The first-order valence-electron chi connectivity index (χ1n) is 10.00. The molecule has 1 heterocycles. The standard InChI is InChI=1S/C23H27N3O5/c1-15-5-10-19(16(2)13-15)31-12-11-24-20(27)14-26-21(28)23(3,25-22(26)29)17-6-8-18(30-4)9-7-17/h5-10,13H,11-12,14H2,1-4H3,(H,24,27)(H,25,29)/t23-/m1/s1. The normalized spacial score (nSPS) is 18.0. The number of urea groups is 1. The molecule has 8 nitrogen and oxygen atoms in total. The van der Waals surface area contributed by atoms with E-state index in [-0.39, 0.29) is 19.7 Å². The SMILES string of the molecule is COc1ccc([C@@]2(C)NC(=O)N(CC(=O)NCCOc3ccc(C)cc3C)C2=O)cc1. The Kier molecular flexibility index (Phi) is 6.48. The summed E-state index contributed by atoms with van der Waals surface area (Å²) in [5, 5.41) is 5.36. The number of hydrogen-bond donors (Lipinski definition) is 2. The van der Waals surface area contributed by atoms with Crippen LogP contribution in [-0.2, 0) is 15.1 Å². The topological polar surface area (TPSA) is 97.0 Å². The molecule has 3 rings (SSSR count). The fourth-order valence-corrected chi connectivity index (χ4v) is 3.47. The highest BCUT2D eigenvalue weighted by molar-refractivity contribution is 6.09. The summed E-state index contributed by atoms with van der Waals surface area (Å²) in [5.41, 5.74) is 1.53. The van der Waals surface area contributed by atoms with E-state index in [1.54, 1.807) is 38.3 Å². The Morgan fingerprint density at radius 3 is 2.48 bits per heavy atom. The number of aryl methyl sites for hydroxylation is 2. The highest BCUT2D eigenvalue weighted by Gasteiger charge is 2.49. The number of nitrogens with zero attached hydrogens (tertiary/aromatic N) is 1. The summed E-state index contributed by atoms with van der Waals surface area (Å²) in [6, 6.07) is 12.1. The predicted octanol–water partition coefficient (Wildman–Crippen LogP) is 2.27. The summed E-state index contributed by atoms with van der Waals surface area (Å²) >= 11 is 0. The Morgan fingerprint density at radius 1 is 1.13 bits per heavy atom. The van der Waals surface area contributed by atoms with Crippen LogP contribution in [0.1, 0.15) is 23.6 Å². The van der Waals surface area contributed by atoms with E-state index in [0.29, 0.717) is 11.3 Å². The Balaban J connectivity index is 1.53. The third-order valence-corrected chi connectivity index (χ3v) is 5.26. The van der Waals surface area contributed by atoms with Gasteiger partial charge in [-0.25, -0.2) is 4.79 Å². The van der Waals surface area contributed by atoms with E-state index in [0.717, 1.165) is 21.8 Å². The molecule has 0 bridgehead atoms. The second-order valence-electron chi connectivity index (χ2n) is 7.64. The molecule has 2 N–H and O–H groups in total. The van der Waals surface area contributed by atoms with Crippen LogP contribution in [0.5, 0.6) is 11.5 Å². The van der Waals surface area contributed by atoms with Crippen molar-refractivity contribution in [2.75, 3.05) is 26.8 Å². The van der Waals surface area contributed by atoms with Crippen LogP contribution in [-0.4, -0.2) is 49.6 Å². The molecule has 0 unspecified atom stereocenters. The zero-order valence-electron chi connectivity index (χ0n) is 18.2. The van der Waals surface area contributed by atoms with E-state index in [1.165, 1.54) is 0 Å². The maximum Gasteiger partial charge on any atom is 0.325 e.